The summed E-state index contributed by atoms with van der Waals surface area (Å²) in [6.07, 6.45) is 1.53. The smallest absolute Gasteiger partial charge is 0.271 e. The fraction of sp³-hybridized carbons (Fsp3) is 0.0909. The van der Waals surface area contributed by atoms with Crippen LogP contribution < -0.4 is 20.8 Å². The van der Waals surface area contributed by atoms with Crippen LogP contribution in [0.1, 0.15) is 27.0 Å². The summed E-state index contributed by atoms with van der Waals surface area (Å²) in [6, 6.07) is 25.6. The lowest BCUT2D eigenvalue weighted by atomic mass is 10.1. The first-order valence-corrected chi connectivity index (χ1v) is 15.5. The maximum Gasteiger partial charge on any atom is 0.271 e. The highest BCUT2D eigenvalue weighted by Gasteiger charge is 2.10. The predicted molar refractivity (Wildman–Crippen MR) is 182 cm³/mol. The summed E-state index contributed by atoms with van der Waals surface area (Å²) in [4.78, 5) is 29.6. The first-order valence-electron chi connectivity index (χ1n) is 13.4. The lowest BCUT2D eigenvalue weighted by molar-refractivity contribution is -0.118. The minimum absolute atomic E-state index is 0.141. The fourth-order valence-electron chi connectivity index (χ4n) is 4.02. The maximum absolute atomic E-state index is 12.6. The van der Waals surface area contributed by atoms with Crippen molar-refractivity contribution in [3.63, 3.8) is 0 Å². The predicted octanol–water partition coefficient (Wildman–Crippen LogP) is 8.37. The molecular formula is C33H27BrClN5O3S. The number of hydrogen-bond donors (Lipinski definition) is 3. The summed E-state index contributed by atoms with van der Waals surface area (Å²) < 4.78 is 6.32. The Morgan fingerprint density at radius 1 is 0.955 bits per heavy atom. The van der Waals surface area contributed by atoms with Crippen molar-refractivity contribution >= 4 is 73.4 Å². The van der Waals surface area contributed by atoms with E-state index in [1.165, 1.54) is 17.6 Å². The largest absolute Gasteiger partial charge is 0.483 e. The van der Waals surface area contributed by atoms with E-state index in [2.05, 4.69) is 42.1 Å². The summed E-state index contributed by atoms with van der Waals surface area (Å²) in [7, 11) is 0. The van der Waals surface area contributed by atoms with Crippen LogP contribution in [0, 0.1) is 13.8 Å². The number of benzene rings is 4. The summed E-state index contributed by atoms with van der Waals surface area (Å²) in [5, 5.41) is 13.5. The molecule has 0 aliphatic rings. The molecule has 1 aromatic heterocycles. The van der Waals surface area contributed by atoms with Crippen molar-refractivity contribution in [2.24, 2.45) is 5.10 Å². The van der Waals surface area contributed by atoms with Crippen LogP contribution >= 0.6 is 38.9 Å². The molecule has 5 aromatic rings. The number of carbonyl (C=O) groups excluding carboxylic acids is 2. The van der Waals surface area contributed by atoms with Gasteiger partial charge in [-0.1, -0.05) is 29.8 Å². The van der Waals surface area contributed by atoms with Crippen LogP contribution in [0.3, 0.4) is 0 Å². The van der Waals surface area contributed by atoms with Gasteiger partial charge in [-0.2, -0.15) is 5.10 Å². The number of aryl methyl sites for hydroxylation is 2. The van der Waals surface area contributed by atoms with Crippen LogP contribution in [0.25, 0.3) is 11.3 Å². The number of nitrogens with one attached hydrogen (secondary N) is 3. The molecule has 0 aliphatic heterocycles. The Bertz CT molecular complexity index is 1820. The van der Waals surface area contributed by atoms with Gasteiger partial charge in [0.15, 0.2) is 11.7 Å². The van der Waals surface area contributed by atoms with Crippen molar-refractivity contribution in [2.75, 3.05) is 17.2 Å². The molecule has 222 valence electrons. The Balaban J connectivity index is 1.10. The zero-order valence-electron chi connectivity index (χ0n) is 23.7. The average Bonchev–Trinajstić information content (AvgIpc) is 3.48. The van der Waals surface area contributed by atoms with Gasteiger partial charge in [0.1, 0.15) is 5.75 Å². The summed E-state index contributed by atoms with van der Waals surface area (Å²) in [5.74, 6) is -0.0940. The molecule has 0 spiro atoms. The van der Waals surface area contributed by atoms with Crippen LogP contribution in [0.4, 0.5) is 16.5 Å². The molecule has 3 N–H and O–H groups in total. The van der Waals surface area contributed by atoms with Crippen LogP contribution in [0.2, 0.25) is 5.02 Å². The summed E-state index contributed by atoms with van der Waals surface area (Å²) >= 11 is 10.9. The Labute approximate surface area is 272 Å². The van der Waals surface area contributed by atoms with Gasteiger partial charge in [-0.05, 0) is 113 Å². The molecule has 4 aromatic carbocycles. The highest BCUT2D eigenvalue weighted by molar-refractivity contribution is 9.10. The molecule has 0 saturated heterocycles. The van der Waals surface area contributed by atoms with Crippen LogP contribution in [-0.4, -0.2) is 29.6 Å². The first kappa shape index (κ1) is 30.9. The van der Waals surface area contributed by atoms with Gasteiger partial charge in [0.25, 0.3) is 11.8 Å². The minimum atomic E-state index is -0.343. The molecule has 44 heavy (non-hydrogen) atoms. The second kappa shape index (κ2) is 14.3. The molecule has 0 fully saturated rings. The number of carbonyl (C=O) groups is 2. The SMILES string of the molecule is Cc1ccc(NC(=O)COc2ccc(/C=N\NC(=O)c3ccc(-c4csc(Nc5ccc(Cl)cc5)n4)cc3)cc2Br)cc1C. The minimum Gasteiger partial charge on any atom is -0.483 e. The second-order valence-electron chi connectivity index (χ2n) is 9.77. The third kappa shape index (κ3) is 8.31. The number of rotatable bonds is 10. The molecule has 0 bridgehead atoms. The number of thiazole rings is 1. The standard InChI is InChI=1S/C33H27BrClN5O3S/c1-20-3-11-27(15-21(20)2)37-31(41)18-43-30-14-4-22(16-28(30)34)17-36-40-32(42)24-7-5-23(6-8-24)29-19-44-33(39-29)38-26-12-9-25(35)10-13-26/h3-17,19H,18H2,1-2H3,(H,37,41)(H,38,39)(H,40,42)/b36-17-. The van der Waals surface area contributed by atoms with Gasteiger partial charge in [0.2, 0.25) is 0 Å². The van der Waals surface area contributed by atoms with E-state index in [9.17, 15) is 9.59 Å². The molecule has 2 amide bonds. The van der Waals surface area contributed by atoms with Crippen molar-refractivity contribution < 1.29 is 14.3 Å². The third-order valence-electron chi connectivity index (χ3n) is 6.53. The van der Waals surface area contributed by atoms with Crippen molar-refractivity contribution in [3.8, 4) is 17.0 Å². The van der Waals surface area contributed by atoms with Crippen molar-refractivity contribution in [3.05, 3.63) is 122 Å². The lowest BCUT2D eigenvalue weighted by Crippen LogP contribution is -2.20. The molecule has 0 unspecified atom stereocenters. The Morgan fingerprint density at radius 3 is 2.43 bits per heavy atom. The van der Waals surface area contributed by atoms with Gasteiger partial charge >= 0.3 is 0 Å². The lowest BCUT2D eigenvalue weighted by Gasteiger charge is -2.10. The Morgan fingerprint density at radius 2 is 1.70 bits per heavy atom. The van der Waals surface area contributed by atoms with Crippen LogP contribution in [0.5, 0.6) is 5.75 Å². The Kier molecular flexibility index (Phi) is 10.1. The van der Waals surface area contributed by atoms with Crippen LogP contribution in [-0.2, 0) is 4.79 Å². The summed E-state index contributed by atoms with van der Waals surface area (Å²) in [6.45, 7) is 3.87. The van der Waals surface area contributed by atoms with Crippen molar-refractivity contribution in [2.45, 2.75) is 13.8 Å². The van der Waals surface area contributed by atoms with Crippen molar-refractivity contribution in [1.82, 2.24) is 10.4 Å². The molecule has 0 saturated carbocycles. The van der Waals surface area contributed by atoms with E-state index < -0.39 is 0 Å². The van der Waals surface area contributed by atoms with E-state index in [0.29, 0.717) is 20.8 Å². The highest BCUT2D eigenvalue weighted by atomic mass is 79.9. The van der Waals surface area contributed by atoms with E-state index in [1.807, 2.05) is 73.8 Å². The number of aromatic nitrogens is 1. The molecule has 8 nitrogen and oxygen atoms in total. The fourth-order valence-corrected chi connectivity index (χ4v) is 5.39. The maximum atomic E-state index is 12.6. The second-order valence-corrected chi connectivity index (χ2v) is 11.9. The zero-order valence-corrected chi connectivity index (χ0v) is 26.9. The van der Waals surface area contributed by atoms with Gasteiger partial charge in [-0.3, -0.25) is 9.59 Å². The van der Waals surface area contributed by atoms with Gasteiger partial charge < -0.3 is 15.4 Å². The number of hydrazone groups is 1. The normalized spacial score (nSPS) is 10.9. The van der Waals surface area contributed by atoms with Gasteiger partial charge in [0.05, 0.1) is 16.4 Å². The van der Waals surface area contributed by atoms with E-state index in [0.717, 1.165) is 44.5 Å². The number of amides is 2. The van der Waals surface area contributed by atoms with E-state index in [-0.39, 0.29) is 18.4 Å². The number of halogens is 2. The van der Waals surface area contributed by atoms with Gasteiger partial charge in [-0.15, -0.1) is 11.3 Å². The molecular weight excluding hydrogens is 662 g/mol. The first-order chi connectivity index (χ1) is 21.2. The van der Waals surface area contributed by atoms with Gasteiger partial charge in [-0.25, -0.2) is 10.4 Å². The number of nitrogens with zero attached hydrogens (tertiary/aromatic N) is 2. The third-order valence-corrected chi connectivity index (χ3v) is 8.16. The highest BCUT2D eigenvalue weighted by Crippen LogP contribution is 2.28. The molecule has 0 atom stereocenters. The average molecular weight is 689 g/mol. The topological polar surface area (TPSA) is 105 Å². The summed E-state index contributed by atoms with van der Waals surface area (Å²) in [5.41, 5.74) is 9.31. The van der Waals surface area contributed by atoms with E-state index in [4.69, 9.17) is 16.3 Å². The number of hydrogen-bond acceptors (Lipinski definition) is 7. The molecule has 5 rings (SSSR count). The van der Waals surface area contributed by atoms with Crippen molar-refractivity contribution in [1.29, 1.82) is 0 Å². The number of ether oxygens (including phenoxy) is 1. The van der Waals surface area contributed by atoms with E-state index in [1.54, 1.807) is 30.3 Å². The monoisotopic (exact) mass is 687 g/mol. The molecule has 0 aliphatic carbocycles. The van der Waals surface area contributed by atoms with Crippen LogP contribution in [0.15, 0.2) is 99.9 Å². The van der Waals surface area contributed by atoms with E-state index >= 15 is 0 Å². The Hall–Kier alpha value is -4.51. The zero-order chi connectivity index (χ0) is 31.1. The molecule has 0 radical (unpaired) electrons. The number of anilines is 3. The van der Waals surface area contributed by atoms with Gasteiger partial charge in [0, 0.05) is 32.9 Å². The molecule has 1 heterocycles. The molecule has 11 heteroatoms. The quantitative estimate of drug-likeness (QED) is 0.101.